The Morgan fingerprint density at radius 1 is 1.28 bits per heavy atom. The van der Waals surface area contributed by atoms with E-state index in [-0.39, 0.29) is 42.3 Å². The Morgan fingerprint density at radius 3 is 2.72 bits per heavy atom. The predicted octanol–water partition coefficient (Wildman–Crippen LogP) is 2.51. The van der Waals surface area contributed by atoms with Gasteiger partial charge in [0.1, 0.15) is 12.3 Å². The lowest BCUT2D eigenvalue weighted by atomic mass is 9.86. The van der Waals surface area contributed by atoms with Gasteiger partial charge in [0.2, 0.25) is 5.91 Å². The molecule has 0 unspecified atom stereocenters. The molecule has 1 aromatic carbocycles. The van der Waals surface area contributed by atoms with Gasteiger partial charge in [0.15, 0.2) is 6.61 Å². The van der Waals surface area contributed by atoms with E-state index in [1.807, 2.05) is 18.2 Å². The first-order valence-electron chi connectivity index (χ1n) is 10.2. The quantitative estimate of drug-likeness (QED) is 0.724. The number of likely N-dealkylation sites (tertiary alicyclic amines) is 1. The van der Waals surface area contributed by atoms with E-state index in [1.54, 1.807) is 11.8 Å². The first-order valence-corrected chi connectivity index (χ1v) is 10.2. The van der Waals surface area contributed by atoms with Gasteiger partial charge < -0.3 is 14.4 Å². The monoisotopic (exact) mass is 402 g/mol. The molecule has 3 rings (SSSR count). The molecule has 0 aliphatic carbocycles. The Bertz CT molecular complexity index is 799. The summed E-state index contributed by atoms with van der Waals surface area (Å²) in [7, 11) is 0. The van der Waals surface area contributed by atoms with Crippen molar-refractivity contribution < 1.29 is 23.9 Å². The van der Waals surface area contributed by atoms with Crippen LogP contribution in [0.2, 0.25) is 0 Å². The van der Waals surface area contributed by atoms with E-state index in [9.17, 15) is 14.4 Å². The molecule has 7 nitrogen and oxygen atoms in total. The minimum Gasteiger partial charge on any atom is -0.482 e. The molecule has 2 aliphatic heterocycles. The third-order valence-corrected chi connectivity index (χ3v) is 5.46. The third kappa shape index (κ3) is 4.71. The number of carbonyl (C=O) groups excluding carboxylic acids is 3. The second kappa shape index (κ2) is 8.43. The lowest BCUT2D eigenvalue weighted by Crippen LogP contribution is -2.49. The van der Waals surface area contributed by atoms with E-state index in [0.29, 0.717) is 31.1 Å². The first kappa shape index (κ1) is 21.1. The average molecular weight is 402 g/mol. The Morgan fingerprint density at radius 2 is 2.03 bits per heavy atom. The van der Waals surface area contributed by atoms with E-state index in [1.165, 1.54) is 4.90 Å². The highest BCUT2D eigenvalue weighted by Gasteiger charge is 2.33. The molecular weight excluding hydrogens is 372 g/mol. The molecule has 0 aromatic heterocycles. The van der Waals surface area contributed by atoms with Crippen LogP contribution < -0.4 is 9.64 Å². The van der Waals surface area contributed by atoms with E-state index < -0.39 is 0 Å². The average Bonchev–Trinajstić information content (AvgIpc) is 2.69. The zero-order valence-corrected chi connectivity index (χ0v) is 17.7. The Hall–Kier alpha value is -2.57. The van der Waals surface area contributed by atoms with Gasteiger partial charge in [-0.1, -0.05) is 26.8 Å². The van der Waals surface area contributed by atoms with E-state index in [0.717, 1.165) is 18.4 Å². The molecule has 1 aromatic rings. The number of fused-ring (bicyclic) bond motifs is 1. The van der Waals surface area contributed by atoms with Gasteiger partial charge in [0.25, 0.3) is 5.91 Å². The van der Waals surface area contributed by atoms with Crippen LogP contribution in [-0.4, -0.2) is 55.5 Å². The number of esters is 1. The molecule has 158 valence electrons. The predicted molar refractivity (Wildman–Crippen MR) is 109 cm³/mol. The molecule has 2 aliphatic rings. The standard InChI is InChI=1S/C22H30N2O5/c1-5-28-21(27)15-7-6-10-23(12-15)19(25)13-24-17-11-16(22(2,3)4)8-9-18(17)29-14-20(24)26/h8-9,11,15H,5-7,10,12-14H2,1-4H3/t15-/m1/s1. The number of ether oxygens (including phenoxy) is 2. The molecule has 0 spiro atoms. The summed E-state index contributed by atoms with van der Waals surface area (Å²) in [6.07, 6.45) is 1.47. The molecule has 2 amide bonds. The van der Waals surface area contributed by atoms with Crippen molar-refractivity contribution >= 4 is 23.5 Å². The summed E-state index contributed by atoms with van der Waals surface area (Å²) < 4.78 is 10.7. The largest absolute Gasteiger partial charge is 0.482 e. The van der Waals surface area contributed by atoms with Crippen molar-refractivity contribution in [3.8, 4) is 5.75 Å². The second-order valence-corrected chi connectivity index (χ2v) is 8.63. The van der Waals surface area contributed by atoms with Crippen molar-refractivity contribution in [2.45, 2.75) is 46.0 Å². The maximum absolute atomic E-state index is 13.0. The summed E-state index contributed by atoms with van der Waals surface area (Å²) in [6, 6.07) is 5.78. The molecule has 1 fully saturated rings. The summed E-state index contributed by atoms with van der Waals surface area (Å²) in [4.78, 5) is 40.8. The van der Waals surface area contributed by atoms with Gasteiger partial charge >= 0.3 is 5.97 Å². The van der Waals surface area contributed by atoms with E-state index in [2.05, 4.69) is 20.8 Å². The van der Waals surface area contributed by atoms with Crippen molar-refractivity contribution in [3.63, 3.8) is 0 Å². The van der Waals surface area contributed by atoms with Gasteiger partial charge in [-0.25, -0.2) is 0 Å². The van der Waals surface area contributed by atoms with Crippen LogP contribution in [0.25, 0.3) is 0 Å². The topological polar surface area (TPSA) is 76.2 Å². The molecule has 0 saturated carbocycles. The van der Waals surface area contributed by atoms with Gasteiger partial charge in [-0.2, -0.15) is 0 Å². The van der Waals surface area contributed by atoms with Crippen LogP contribution in [0.4, 0.5) is 5.69 Å². The third-order valence-electron chi connectivity index (χ3n) is 5.46. The fourth-order valence-electron chi connectivity index (χ4n) is 3.73. The van der Waals surface area contributed by atoms with Gasteiger partial charge in [-0.05, 0) is 42.9 Å². The minimum atomic E-state index is -0.298. The van der Waals surface area contributed by atoms with E-state index in [4.69, 9.17) is 9.47 Å². The number of piperidine rings is 1. The first-order chi connectivity index (χ1) is 13.7. The molecule has 29 heavy (non-hydrogen) atoms. The van der Waals surface area contributed by atoms with Crippen LogP contribution in [0.5, 0.6) is 5.75 Å². The van der Waals surface area contributed by atoms with Gasteiger partial charge in [-0.15, -0.1) is 0 Å². The summed E-state index contributed by atoms with van der Waals surface area (Å²) in [5.41, 5.74) is 1.60. The minimum absolute atomic E-state index is 0.0572. The van der Waals surface area contributed by atoms with E-state index >= 15 is 0 Å². The summed E-state index contributed by atoms with van der Waals surface area (Å²) >= 11 is 0. The summed E-state index contributed by atoms with van der Waals surface area (Å²) in [6.45, 7) is 9.18. The van der Waals surface area contributed by atoms with Crippen molar-refractivity contribution in [3.05, 3.63) is 23.8 Å². The lowest BCUT2D eigenvalue weighted by Gasteiger charge is -2.35. The number of rotatable bonds is 4. The highest BCUT2D eigenvalue weighted by Crippen LogP contribution is 2.36. The van der Waals surface area contributed by atoms with Crippen LogP contribution in [-0.2, 0) is 24.5 Å². The second-order valence-electron chi connectivity index (χ2n) is 8.63. The van der Waals surface area contributed by atoms with Gasteiger partial charge in [0.05, 0.1) is 18.2 Å². The zero-order valence-electron chi connectivity index (χ0n) is 17.7. The van der Waals surface area contributed by atoms with Crippen LogP contribution in [0, 0.1) is 5.92 Å². The smallest absolute Gasteiger partial charge is 0.310 e. The number of nitrogens with zero attached hydrogens (tertiary/aromatic N) is 2. The normalized spacial score (nSPS) is 19.4. The summed E-state index contributed by atoms with van der Waals surface area (Å²) in [5.74, 6) is -0.355. The highest BCUT2D eigenvalue weighted by molar-refractivity contribution is 6.02. The lowest BCUT2D eigenvalue weighted by molar-refractivity contribution is -0.151. The fraction of sp³-hybridized carbons (Fsp3) is 0.591. The Kier molecular flexibility index (Phi) is 6.15. The van der Waals surface area contributed by atoms with Crippen LogP contribution in [0.15, 0.2) is 18.2 Å². The molecule has 2 heterocycles. The highest BCUT2D eigenvalue weighted by atomic mass is 16.5. The number of carbonyl (C=O) groups is 3. The van der Waals surface area contributed by atoms with Crippen LogP contribution in [0.1, 0.15) is 46.1 Å². The molecule has 0 N–H and O–H groups in total. The molecule has 1 saturated heterocycles. The fourth-order valence-corrected chi connectivity index (χ4v) is 3.73. The maximum Gasteiger partial charge on any atom is 0.310 e. The zero-order chi connectivity index (χ0) is 21.2. The number of hydrogen-bond acceptors (Lipinski definition) is 5. The molecule has 7 heteroatoms. The molecule has 0 radical (unpaired) electrons. The maximum atomic E-state index is 13.0. The number of amides is 2. The van der Waals surface area contributed by atoms with Gasteiger partial charge in [-0.3, -0.25) is 19.3 Å². The van der Waals surface area contributed by atoms with Crippen LogP contribution >= 0.6 is 0 Å². The number of hydrogen-bond donors (Lipinski definition) is 0. The molecule has 1 atom stereocenters. The summed E-state index contributed by atoms with van der Waals surface area (Å²) in [5, 5.41) is 0. The van der Waals surface area contributed by atoms with Crippen LogP contribution in [0.3, 0.4) is 0 Å². The Balaban J connectivity index is 1.77. The molecular formula is C22H30N2O5. The molecule has 0 bridgehead atoms. The van der Waals surface area contributed by atoms with Gasteiger partial charge in [0, 0.05) is 13.1 Å². The van der Waals surface area contributed by atoms with Crippen molar-refractivity contribution in [2.75, 3.05) is 37.7 Å². The number of anilines is 1. The number of benzene rings is 1. The van der Waals surface area contributed by atoms with Crippen molar-refractivity contribution in [1.82, 2.24) is 4.90 Å². The van der Waals surface area contributed by atoms with Crippen molar-refractivity contribution in [2.24, 2.45) is 5.92 Å². The van der Waals surface area contributed by atoms with Crippen molar-refractivity contribution in [1.29, 1.82) is 0 Å². The SMILES string of the molecule is CCOC(=O)[C@@H]1CCCN(C(=O)CN2C(=O)COc3ccc(C(C)(C)C)cc32)C1. The Labute approximate surface area is 171 Å².